The van der Waals surface area contributed by atoms with Crippen LogP contribution in [0.5, 0.6) is 0 Å². The van der Waals surface area contributed by atoms with Crippen LogP contribution in [0, 0.1) is 11.6 Å². The van der Waals surface area contributed by atoms with E-state index in [1.807, 2.05) is 16.8 Å². The van der Waals surface area contributed by atoms with Crippen LogP contribution in [0.2, 0.25) is 0 Å². The molecule has 0 aliphatic rings. The van der Waals surface area contributed by atoms with Gasteiger partial charge in [0.15, 0.2) is 0 Å². The number of hydrogen-bond donors (Lipinski definition) is 1. The smallest absolute Gasteiger partial charge is 0.147 e. The second-order valence-electron chi connectivity index (χ2n) is 3.23. The summed E-state index contributed by atoms with van der Waals surface area (Å²) in [5.74, 6) is -0.947. The normalized spacial score (nSPS) is 10.4. The standard InChI is InChI=1S/C11H8BrF2NS/c12-8-3-10(14)11(4-9(8)13)15-5-7-1-2-16-6-7/h1-4,6,15H,5H2. The summed E-state index contributed by atoms with van der Waals surface area (Å²) in [7, 11) is 0. The van der Waals surface area contributed by atoms with E-state index in [1.165, 1.54) is 0 Å². The minimum Gasteiger partial charge on any atom is -0.378 e. The topological polar surface area (TPSA) is 12.0 Å². The Morgan fingerprint density at radius 2 is 2.06 bits per heavy atom. The van der Waals surface area contributed by atoms with Crippen molar-refractivity contribution in [1.29, 1.82) is 0 Å². The monoisotopic (exact) mass is 303 g/mol. The maximum absolute atomic E-state index is 13.4. The molecule has 2 rings (SSSR count). The zero-order chi connectivity index (χ0) is 11.5. The minimum absolute atomic E-state index is 0.131. The molecule has 1 aromatic carbocycles. The molecular formula is C11H8BrF2NS. The van der Waals surface area contributed by atoms with Crippen molar-refractivity contribution in [3.05, 3.63) is 50.6 Å². The third-order valence-electron chi connectivity index (χ3n) is 2.07. The summed E-state index contributed by atoms with van der Waals surface area (Å²) in [4.78, 5) is 0. The highest BCUT2D eigenvalue weighted by Crippen LogP contribution is 2.23. The highest BCUT2D eigenvalue weighted by molar-refractivity contribution is 9.10. The van der Waals surface area contributed by atoms with Gasteiger partial charge in [0.05, 0.1) is 10.2 Å². The third-order valence-corrected chi connectivity index (χ3v) is 3.41. The molecule has 0 aliphatic carbocycles. The molecule has 0 aliphatic heterocycles. The Kier molecular flexibility index (Phi) is 3.56. The molecule has 2 aromatic rings. The predicted octanol–water partition coefficient (Wildman–Crippen LogP) is 4.40. The first-order chi connectivity index (χ1) is 7.66. The van der Waals surface area contributed by atoms with Crippen LogP contribution >= 0.6 is 27.3 Å². The van der Waals surface area contributed by atoms with E-state index in [1.54, 1.807) is 11.3 Å². The van der Waals surface area contributed by atoms with Gasteiger partial charge in [-0.1, -0.05) is 0 Å². The van der Waals surface area contributed by atoms with Crippen molar-refractivity contribution in [2.45, 2.75) is 6.54 Å². The lowest BCUT2D eigenvalue weighted by atomic mass is 10.2. The molecule has 0 spiro atoms. The van der Waals surface area contributed by atoms with Crippen LogP contribution < -0.4 is 5.32 Å². The summed E-state index contributed by atoms with van der Waals surface area (Å²) in [6, 6.07) is 4.20. The lowest BCUT2D eigenvalue weighted by molar-refractivity contribution is 0.596. The van der Waals surface area contributed by atoms with E-state index in [9.17, 15) is 8.78 Å². The van der Waals surface area contributed by atoms with Crippen LogP contribution in [0.25, 0.3) is 0 Å². The molecule has 84 valence electrons. The van der Waals surface area contributed by atoms with E-state index in [-0.39, 0.29) is 10.2 Å². The Morgan fingerprint density at radius 3 is 2.75 bits per heavy atom. The van der Waals surface area contributed by atoms with Crippen LogP contribution in [0.15, 0.2) is 33.4 Å². The molecule has 0 amide bonds. The van der Waals surface area contributed by atoms with Crippen molar-refractivity contribution >= 4 is 33.0 Å². The third kappa shape index (κ3) is 2.59. The number of nitrogens with one attached hydrogen (secondary N) is 1. The number of hydrogen-bond acceptors (Lipinski definition) is 2. The van der Waals surface area contributed by atoms with Gasteiger partial charge in [-0.05, 0) is 44.4 Å². The number of rotatable bonds is 3. The van der Waals surface area contributed by atoms with Crippen LogP contribution in [0.3, 0.4) is 0 Å². The van der Waals surface area contributed by atoms with E-state index >= 15 is 0 Å². The largest absolute Gasteiger partial charge is 0.378 e. The zero-order valence-corrected chi connectivity index (χ0v) is 10.5. The molecule has 1 nitrogen and oxygen atoms in total. The average Bonchev–Trinajstić information content (AvgIpc) is 2.74. The van der Waals surface area contributed by atoms with Gasteiger partial charge in [-0.15, -0.1) is 0 Å². The fourth-order valence-electron chi connectivity index (χ4n) is 1.25. The van der Waals surface area contributed by atoms with Crippen molar-refractivity contribution in [2.24, 2.45) is 0 Å². The van der Waals surface area contributed by atoms with Gasteiger partial charge in [0, 0.05) is 12.6 Å². The Labute approximate surface area is 104 Å². The van der Waals surface area contributed by atoms with Crippen molar-refractivity contribution in [3.8, 4) is 0 Å². The van der Waals surface area contributed by atoms with Gasteiger partial charge >= 0.3 is 0 Å². The van der Waals surface area contributed by atoms with Crippen LogP contribution in [-0.2, 0) is 6.54 Å². The first-order valence-electron chi connectivity index (χ1n) is 4.56. The Balaban J connectivity index is 2.12. The maximum Gasteiger partial charge on any atom is 0.147 e. The summed E-state index contributed by atoms with van der Waals surface area (Å²) >= 11 is 4.50. The second-order valence-corrected chi connectivity index (χ2v) is 4.87. The highest BCUT2D eigenvalue weighted by Gasteiger charge is 2.07. The lowest BCUT2D eigenvalue weighted by Crippen LogP contribution is -2.01. The summed E-state index contributed by atoms with van der Waals surface area (Å²) in [6.45, 7) is 0.488. The van der Waals surface area contributed by atoms with Gasteiger partial charge in [-0.2, -0.15) is 11.3 Å². The molecule has 0 fully saturated rings. The van der Waals surface area contributed by atoms with Crippen molar-refractivity contribution in [2.75, 3.05) is 5.32 Å². The van der Waals surface area contributed by atoms with Crippen molar-refractivity contribution in [3.63, 3.8) is 0 Å². The average molecular weight is 304 g/mol. The van der Waals surface area contributed by atoms with Gasteiger partial charge in [-0.3, -0.25) is 0 Å². The number of thiophene rings is 1. The summed E-state index contributed by atoms with van der Waals surface area (Å²) < 4.78 is 26.7. The number of benzene rings is 1. The molecule has 0 bridgehead atoms. The molecule has 0 saturated carbocycles. The lowest BCUT2D eigenvalue weighted by Gasteiger charge is -2.07. The van der Waals surface area contributed by atoms with Gasteiger partial charge < -0.3 is 5.32 Å². The van der Waals surface area contributed by atoms with E-state index in [0.29, 0.717) is 6.54 Å². The van der Waals surface area contributed by atoms with E-state index in [2.05, 4.69) is 21.2 Å². The quantitative estimate of drug-likeness (QED) is 0.829. The molecule has 1 N–H and O–H groups in total. The molecular weight excluding hydrogens is 296 g/mol. The van der Waals surface area contributed by atoms with E-state index in [0.717, 1.165) is 17.7 Å². The molecule has 0 unspecified atom stereocenters. The Bertz CT molecular complexity index is 485. The van der Waals surface area contributed by atoms with E-state index < -0.39 is 11.6 Å². The van der Waals surface area contributed by atoms with Crippen molar-refractivity contribution < 1.29 is 8.78 Å². The van der Waals surface area contributed by atoms with Gasteiger partial charge in [0.25, 0.3) is 0 Å². The summed E-state index contributed by atoms with van der Waals surface area (Å²) in [5.41, 5.74) is 1.22. The molecule has 0 atom stereocenters. The molecule has 0 radical (unpaired) electrons. The first kappa shape index (κ1) is 11.5. The summed E-state index contributed by atoms with van der Waals surface area (Å²) in [5, 5.41) is 6.75. The molecule has 1 aromatic heterocycles. The fourth-order valence-corrected chi connectivity index (χ4v) is 2.23. The summed E-state index contributed by atoms with van der Waals surface area (Å²) in [6.07, 6.45) is 0. The number of halogens is 3. The highest BCUT2D eigenvalue weighted by atomic mass is 79.9. The van der Waals surface area contributed by atoms with Crippen LogP contribution in [0.1, 0.15) is 5.56 Å². The van der Waals surface area contributed by atoms with E-state index in [4.69, 9.17) is 0 Å². The van der Waals surface area contributed by atoms with Gasteiger partial charge in [0.2, 0.25) is 0 Å². The van der Waals surface area contributed by atoms with Crippen molar-refractivity contribution in [1.82, 2.24) is 0 Å². The van der Waals surface area contributed by atoms with Gasteiger partial charge in [0.1, 0.15) is 11.6 Å². The Hall–Kier alpha value is -0.940. The van der Waals surface area contributed by atoms with Crippen LogP contribution in [0.4, 0.5) is 14.5 Å². The zero-order valence-electron chi connectivity index (χ0n) is 8.14. The second kappa shape index (κ2) is 4.93. The van der Waals surface area contributed by atoms with Gasteiger partial charge in [-0.25, -0.2) is 8.78 Å². The fraction of sp³-hybridized carbons (Fsp3) is 0.0909. The van der Waals surface area contributed by atoms with Crippen LogP contribution in [-0.4, -0.2) is 0 Å². The first-order valence-corrected chi connectivity index (χ1v) is 6.30. The Morgan fingerprint density at radius 1 is 1.25 bits per heavy atom. The maximum atomic E-state index is 13.4. The predicted molar refractivity (Wildman–Crippen MR) is 65.7 cm³/mol. The SMILES string of the molecule is Fc1cc(NCc2ccsc2)c(F)cc1Br. The molecule has 0 saturated heterocycles. The molecule has 1 heterocycles. The minimum atomic E-state index is -0.478. The molecule has 16 heavy (non-hydrogen) atoms. The molecule has 5 heteroatoms. The number of anilines is 1.